The molecule has 4 nitrogen and oxygen atoms in total. The van der Waals surface area contributed by atoms with Crippen molar-refractivity contribution in [3.8, 4) is 51.0 Å². The number of aromatic nitrogens is 4. The second kappa shape index (κ2) is 13.3. The molecule has 0 bridgehead atoms. The Labute approximate surface area is 340 Å². The van der Waals surface area contributed by atoms with Gasteiger partial charge < -0.3 is 4.57 Å². The first kappa shape index (κ1) is 33.2. The van der Waals surface area contributed by atoms with E-state index in [1.807, 2.05) is 18.2 Å². The minimum absolute atomic E-state index is 0.629. The number of hydrogen-bond donors (Lipinski definition) is 0. The van der Waals surface area contributed by atoms with Crippen molar-refractivity contribution in [2.45, 2.75) is 0 Å². The van der Waals surface area contributed by atoms with Gasteiger partial charge in [-0.05, 0) is 85.2 Å². The van der Waals surface area contributed by atoms with E-state index in [1.165, 1.54) is 43.4 Å². The zero-order chi connectivity index (χ0) is 38.9. The molecule has 0 aliphatic heterocycles. The molecule has 274 valence electrons. The van der Waals surface area contributed by atoms with Crippen LogP contribution in [-0.2, 0) is 0 Å². The monoisotopic (exact) mass is 750 g/mol. The molecule has 2 aromatic heterocycles. The van der Waals surface area contributed by atoms with Crippen LogP contribution in [0.25, 0.3) is 116 Å². The normalized spacial score (nSPS) is 11.7. The Hall–Kier alpha value is -7.95. The molecule has 12 aromatic rings. The lowest BCUT2D eigenvalue weighted by molar-refractivity contribution is 1.08. The molecule has 0 fully saturated rings. The number of para-hydroxylation sites is 1. The van der Waals surface area contributed by atoms with Gasteiger partial charge in [0.15, 0.2) is 17.5 Å². The lowest BCUT2D eigenvalue weighted by atomic mass is 9.94. The molecule has 4 heteroatoms. The van der Waals surface area contributed by atoms with Crippen molar-refractivity contribution in [2.24, 2.45) is 0 Å². The number of hydrogen-bond acceptors (Lipinski definition) is 3. The number of nitrogens with zero attached hydrogens (tertiary/aromatic N) is 4. The third kappa shape index (κ3) is 5.42. The highest BCUT2D eigenvalue weighted by Crippen LogP contribution is 2.41. The quantitative estimate of drug-likeness (QED) is 0.176. The van der Waals surface area contributed by atoms with Gasteiger partial charge in [0.2, 0.25) is 0 Å². The van der Waals surface area contributed by atoms with E-state index in [9.17, 15) is 0 Å². The van der Waals surface area contributed by atoms with Crippen LogP contribution in [0.4, 0.5) is 0 Å². The number of rotatable bonds is 5. The summed E-state index contributed by atoms with van der Waals surface area (Å²) in [6.07, 6.45) is 0. The van der Waals surface area contributed by atoms with E-state index in [1.54, 1.807) is 0 Å². The molecular weight excluding hydrogens is 717 g/mol. The molecule has 0 radical (unpaired) electrons. The molecule has 12 rings (SSSR count). The molecule has 0 aliphatic rings. The van der Waals surface area contributed by atoms with Gasteiger partial charge in [-0.1, -0.05) is 170 Å². The predicted molar refractivity (Wildman–Crippen MR) is 246 cm³/mol. The fourth-order valence-electron chi connectivity index (χ4n) is 9.04. The van der Waals surface area contributed by atoms with Crippen LogP contribution in [0, 0.1) is 0 Å². The van der Waals surface area contributed by atoms with E-state index in [-0.39, 0.29) is 0 Å². The van der Waals surface area contributed by atoms with Gasteiger partial charge >= 0.3 is 0 Å². The topological polar surface area (TPSA) is 43.6 Å². The van der Waals surface area contributed by atoms with E-state index in [2.05, 4.69) is 193 Å². The SMILES string of the molecule is c1ccc(-c2nc(-c3cccc4ccccc34)nc(-c3ccc(-n4c5ccccc5c5cc6ccccc6cc54)c4cc(-c5cccc6ccccc56)ccc34)n2)cc1. The van der Waals surface area contributed by atoms with Crippen molar-refractivity contribution >= 4 is 64.9 Å². The average molecular weight is 751 g/mol. The molecular formula is C55H34N4. The van der Waals surface area contributed by atoms with Crippen molar-refractivity contribution in [1.29, 1.82) is 0 Å². The van der Waals surface area contributed by atoms with Gasteiger partial charge in [0.1, 0.15) is 0 Å². The lowest BCUT2D eigenvalue weighted by Crippen LogP contribution is -2.02. The Balaban J connectivity index is 1.17. The largest absolute Gasteiger partial charge is 0.309 e. The summed E-state index contributed by atoms with van der Waals surface area (Å²) in [5.41, 5.74) is 8.62. The van der Waals surface area contributed by atoms with Crippen LogP contribution in [0.3, 0.4) is 0 Å². The third-order valence-corrected chi connectivity index (χ3v) is 11.8. The van der Waals surface area contributed by atoms with Gasteiger partial charge in [-0.2, -0.15) is 0 Å². The molecule has 0 amide bonds. The highest BCUT2D eigenvalue weighted by Gasteiger charge is 2.21. The van der Waals surface area contributed by atoms with E-state index >= 15 is 0 Å². The fraction of sp³-hybridized carbons (Fsp3) is 0. The molecule has 0 saturated heterocycles. The van der Waals surface area contributed by atoms with E-state index in [0.717, 1.165) is 55.0 Å². The van der Waals surface area contributed by atoms with Crippen LogP contribution in [0.1, 0.15) is 0 Å². The maximum Gasteiger partial charge on any atom is 0.164 e. The summed E-state index contributed by atoms with van der Waals surface area (Å²) in [4.78, 5) is 15.7. The van der Waals surface area contributed by atoms with Gasteiger partial charge in [0.25, 0.3) is 0 Å². The second-order valence-corrected chi connectivity index (χ2v) is 15.2. The highest BCUT2D eigenvalue weighted by atomic mass is 15.0. The van der Waals surface area contributed by atoms with Crippen LogP contribution in [0.15, 0.2) is 206 Å². The van der Waals surface area contributed by atoms with Crippen LogP contribution in [-0.4, -0.2) is 19.5 Å². The fourth-order valence-corrected chi connectivity index (χ4v) is 9.04. The summed E-state index contributed by atoms with van der Waals surface area (Å²) in [5.74, 6) is 1.91. The summed E-state index contributed by atoms with van der Waals surface area (Å²) < 4.78 is 2.44. The van der Waals surface area contributed by atoms with Crippen LogP contribution in [0.2, 0.25) is 0 Å². The highest BCUT2D eigenvalue weighted by molar-refractivity contribution is 6.15. The summed E-state index contributed by atoms with van der Waals surface area (Å²) in [5, 5.41) is 11.7. The molecule has 0 saturated carbocycles. The molecule has 59 heavy (non-hydrogen) atoms. The molecule has 0 spiro atoms. The predicted octanol–water partition coefficient (Wildman–Crippen LogP) is 14.2. The van der Waals surface area contributed by atoms with Gasteiger partial charge in [-0.3, -0.25) is 0 Å². The first-order chi connectivity index (χ1) is 29.2. The Bertz CT molecular complexity index is 3610. The average Bonchev–Trinajstić information content (AvgIpc) is 3.62. The van der Waals surface area contributed by atoms with Crippen molar-refractivity contribution < 1.29 is 0 Å². The maximum absolute atomic E-state index is 5.32. The summed E-state index contributed by atoms with van der Waals surface area (Å²) in [6, 6.07) is 73.6. The first-order valence-electron chi connectivity index (χ1n) is 20.0. The Kier molecular flexibility index (Phi) is 7.50. The van der Waals surface area contributed by atoms with Crippen molar-refractivity contribution in [3.63, 3.8) is 0 Å². The molecule has 0 N–H and O–H groups in total. The van der Waals surface area contributed by atoms with E-state index in [4.69, 9.17) is 15.0 Å². The van der Waals surface area contributed by atoms with Crippen molar-refractivity contribution in [3.05, 3.63) is 206 Å². The Morgan fingerprint density at radius 2 is 0.831 bits per heavy atom. The Morgan fingerprint density at radius 3 is 1.58 bits per heavy atom. The number of benzene rings is 10. The van der Waals surface area contributed by atoms with Gasteiger partial charge in [-0.25, -0.2) is 15.0 Å². The zero-order valence-electron chi connectivity index (χ0n) is 31.9. The lowest BCUT2D eigenvalue weighted by Gasteiger charge is -2.17. The minimum Gasteiger partial charge on any atom is -0.309 e. The third-order valence-electron chi connectivity index (χ3n) is 11.8. The summed E-state index contributed by atoms with van der Waals surface area (Å²) in [6.45, 7) is 0. The van der Waals surface area contributed by atoms with Gasteiger partial charge in [0, 0.05) is 32.8 Å². The van der Waals surface area contributed by atoms with Gasteiger partial charge in [-0.15, -0.1) is 0 Å². The van der Waals surface area contributed by atoms with E-state index in [0.29, 0.717) is 17.5 Å². The molecule has 10 aromatic carbocycles. The maximum atomic E-state index is 5.32. The van der Waals surface area contributed by atoms with Gasteiger partial charge in [0.05, 0.1) is 16.7 Å². The van der Waals surface area contributed by atoms with E-state index < -0.39 is 0 Å². The molecule has 0 atom stereocenters. The summed E-state index contributed by atoms with van der Waals surface area (Å²) >= 11 is 0. The van der Waals surface area contributed by atoms with Crippen molar-refractivity contribution in [1.82, 2.24) is 19.5 Å². The van der Waals surface area contributed by atoms with Crippen LogP contribution >= 0.6 is 0 Å². The first-order valence-corrected chi connectivity index (χ1v) is 20.0. The van der Waals surface area contributed by atoms with Crippen LogP contribution in [0.5, 0.6) is 0 Å². The second-order valence-electron chi connectivity index (χ2n) is 15.2. The number of fused-ring (bicyclic) bond motifs is 7. The molecule has 2 heterocycles. The molecule has 0 aliphatic carbocycles. The summed E-state index contributed by atoms with van der Waals surface area (Å²) in [7, 11) is 0. The molecule has 0 unspecified atom stereocenters. The minimum atomic E-state index is 0.629. The van der Waals surface area contributed by atoms with Crippen molar-refractivity contribution in [2.75, 3.05) is 0 Å². The van der Waals surface area contributed by atoms with Crippen LogP contribution < -0.4 is 0 Å². The zero-order valence-corrected chi connectivity index (χ0v) is 31.9. The standard InChI is InChI=1S/C55H34N4/c1-2-16-37(17-3-1)53-56-54(46-26-13-21-36-15-7-9-23-42(36)46)58-55(57-53)47-30-31-51(48-33-40(28-29-44(47)48)43-25-12-20-35-14-6-8-22-41(35)43)59-50-27-11-10-24-45(50)49-32-38-18-4-5-19-39(38)34-52(49)59/h1-34H. The Morgan fingerprint density at radius 1 is 0.271 bits per heavy atom. The smallest absolute Gasteiger partial charge is 0.164 e.